The van der Waals surface area contributed by atoms with E-state index >= 15 is 0 Å². The highest BCUT2D eigenvalue weighted by Crippen LogP contribution is 2.42. The van der Waals surface area contributed by atoms with Gasteiger partial charge in [0.15, 0.2) is 9.84 Å². The zero-order chi connectivity index (χ0) is 15.4. The molecular weight excluding hydrogens is 325 g/mol. The van der Waals surface area contributed by atoms with Crippen molar-refractivity contribution in [2.45, 2.75) is 35.9 Å². The minimum absolute atomic E-state index is 0.276. The van der Waals surface area contributed by atoms with Gasteiger partial charge in [0.25, 0.3) is 0 Å². The lowest BCUT2D eigenvalue weighted by Crippen LogP contribution is -2.26. The second kappa shape index (κ2) is 4.74. The first kappa shape index (κ1) is 14.9. The van der Waals surface area contributed by atoms with E-state index in [4.69, 9.17) is 11.6 Å². The van der Waals surface area contributed by atoms with Crippen LogP contribution in [0.3, 0.4) is 0 Å². The Morgan fingerprint density at radius 3 is 2.52 bits per heavy atom. The average molecular weight is 337 g/mol. The molecule has 2 aliphatic heterocycles. The van der Waals surface area contributed by atoms with E-state index in [1.165, 1.54) is 12.1 Å². The predicted molar refractivity (Wildman–Crippen MR) is 74.8 cm³/mol. The van der Waals surface area contributed by atoms with Gasteiger partial charge in [0, 0.05) is 0 Å². The van der Waals surface area contributed by atoms with Crippen LogP contribution in [0.1, 0.15) is 30.4 Å². The van der Waals surface area contributed by atoms with Gasteiger partial charge in [0.2, 0.25) is 0 Å². The number of allylic oxidation sites excluding steroid dienone is 1. The Morgan fingerprint density at radius 2 is 1.90 bits per heavy atom. The van der Waals surface area contributed by atoms with Gasteiger partial charge in [-0.1, -0.05) is 23.7 Å². The van der Waals surface area contributed by atoms with Gasteiger partial charge < -0.3 is 0 Å². The molecule has 21 heavy (non-hydrogen) atoms. The molecular formula is C14H12ClF3O2S. The molecule has 1 fully saturated rings. The third kappa shape index (κ3) is 2.48. The highest BCUT2D eigenvalue weighted by molar-refractivity contribution is 7.93. The van der Waals surface area contributed by atoms with Crippen LogP contribution in [0.25, 0.3) is 5.57 Å². The van der Waals surface area contributed by atoms with Gasteiger partial charge >= 0.3 is 6.18 Å². The number of hydrogen-bond donors (Lipinski definition) is 0. The summed E-state index contributed by atoms with van der Waals surface area (Å²) in [6.45, 7) is 0. The van der Waals surface area contributed by atoms with Crippen molar-refractivity contribution in [2.75, 3.05) is 0 Å². The molecule has 1 saturated heterocycles. The molecule has 2 aliphatic rings. The molecule has 0 spiro atoms. The summed E-state index contributed by atoms with van der Waals surface area (Å²) >= 11 is 5.60. The normalized spacial score (nSPS) is 27.5. The Kier molecular flexibility index (Phi) is 3.37. The van der Waals surface area contributed by atoms with E-state index in [2.05, 4.69) is 0 Å². The summed E-state index contributed by atoms with van der Waals surface area (Å²) in [7, 11) is -3.14. The van der Waals surface area contributed by atoms with E-state index in [1.807, 2.05) is 0 Å². The highest BCUT2D eigenvalue weighted by Gasteiger charge is 2.43. The van der Waals surface area contributed by atoms with Gasteiger partial charge in [-0.2, -0.15) is 13.2 Å². The summed E-state index contributed by atoms with van der Waals surface area (Å²) in [5.74, 6) is 0. The number of rotatable bonds is 1. The molecule has 0 aromatic heterocycles. The maximum Gasteiger partial charge on any atom is 0.417 e. The zero-order valence-corrected chi connectivity index (χ0v) is 12.4. The second-order valence-electron chi connectivity index (χ2n) is 5.42. The smallest absolute Gasteiger partial charge is 0.228 e. The van der Waals surface area contributed by atoms with Crippen LogP contribution in [0.15, 0.2) is 24.3 Å². The number of hydrogen-bond acceptors (Lipinski definition) is 2. The largest absolute Gasteiger partial charge is 0.417 e. The Labute approximate surface area is 125 Å². The molecule has 2 bridgehead atoms. The fraction of sp³-hybridized carbons (Fsp3) is 0.429. The summed E-state index contributed by atoms with van der Waals surface area (Å²) in [5, 5.41) is -1.37. The topological polar surface area (TPSA) is 34.1 Å². The van der Waals surface area contributed by atoms with E-state index in [0.717, 1.165) is 6.07 Å². The summed E-state index contributed by atoms with van der Waals surface area (Å²) in [6, 6.07) is 3.73. The van der Waals surface area contributed by atoms with Crippen molar-refractivity contribution in [2.24, 2.45) is 0 Å². The molecule has 0 saturated carbocycles. The lowest BCUT2D eigenvalue weighted by Gasteiger charge is -2.21. The summed E-state index contributed by atoms with van der Waals surface area (Å²) in [5.41, 5.74) is 0.182. The molecule has 114 valence electrons. The van der Waals surface area contributed by atoms with Crippen molar-refractivity contribution < 1.29 is 21.6 Å². The van der Waals surface area contributed by atoms with Crippen LogP contribution >= 0.6 is 11.6 Å². The molecule has 0 amide bonds. The maximum atomic E-state index is 12.9. The fourth-order valence-corrected chi connectivity index (χ4v) is 5.43. The third-order valence-electron chi connectivity index (χ3n) is 4.14. The third-order valence-corrected chi connectivity index (χ3v) is 7.01. The lowest BCUT2D eigenvalue weighted by molar-refractivity contribution is -0.137. The van der Waals surface area contributed by atoms with E-state index < -0.39 is 32.1 Å². The number of benzene rings is 1. The molecule has 1 aromatic carbocycles. The maximum absolute atomic E-state index is 12.9. The van der Waals surface area contributed by atoms with Gasteiger partial charge in [0.05, 0.1) is 21.1 Å². The molecule has 1 aromatic rings. The highest BCUT2D eigenvalue weighted by atomic mass is 35.5. The quantitative estimate of drug-likeness (QED) is 0.774. The van der Waals surface area contributed by atoms with E-state index in [-0.39, 0.29) is 11.4 Å². The minimum Gasteiger partial charge on any atom is -0.228 e. The van der Waals surface area contributed by atoms with E-state index in [0.29, 0.717) is 24.0 Å². The van der Waals surface area contributed by atoms with Crippen molar-refractivity contribution in [3.05, 3.63) is 40.4 Å². The summed E-state index contributed by atoms with van der Waals surface area (Å²) < 4.78 is 62.6. The van der Waals surface area contributed by atoms with E-state index in [1.54, 1.807) is 6.08 Å². The molecule has 2 nitrogen and oxygen atoms in total. The fourth-order valence-electron chi connectivity index (χ4n) is 3.02. The van der Waals surface area contributed by atoms with Crippen LogP contribution < -0.4 is 0 Å². The lowest BCUT2D eigenvalue weighted by atomic mass is 9.98. The first-order valence-electron chi connectivity index (χ1n) is 6.50. The number of fused-ring (bicyclic) bond motifs is 2. The Bertz CT molecular complexity index is 722. The van der Waals surface area contributed by atoms with Crippen LogP contribution in [0.2, 0.25) is 5.02 Å². The van der Waals surface area contributed by atoms with Crippen LogP contribution in [0.5, 0.6) is 0 Å². The van der Waals surface area contributed by atoms with Gasteiger partial charge in [-0.3, -0.25) is 0 Å². The molecule has 2 unspecified atom stereocenters. The monoisotopic (exact) mass is 336 g/mol. The Morgan fingerprint density at radius 1 is 1.19 bits per heavy atom. The minimum atomic E-state index is -4.52. The van der Waals surface area contributed by atoms with Crippen LogP contribution in [-0.4, -0.2) is 18.9 Å². The van der Waals surface area contributed by atoms with Crippen molar-refractivity contribution >= 4 is 27.0 Å². The van der Waals surface area contributed by atoms with Crippen molar-refractivity contribution in [1.82, 2.24) is 0 Å². The first-order valence-corrected chi connectivity index (χ1v) is 8.49. The van der Waals surface area contributed by atoms with Gasteiger partial charge in [-0.25, -0.2) is 8.42 Å². The van der Waals surface area contributed by atoms with Crippen molar-refractivity contribution in [3.63, 3.8) is 0 Å². The standard InChI is InChI=1S/C14H12ClF3O2S/c15-13-4-1-8(7-12(13)14(16,17)18)9-5-10-2-3-11(6-9)21(10,19)20/h1,4-5,7,10-11H,2-3,6H2. The zero-order valence-electron chi connectivity index (χ0n) is 10.8. The second-order valence-corrected chi connectivity index (χ2v) is 8.27. The predicted octanol–water partition coefficient (Wildman–Crippen LogP) is 4.09. The van der Waals surface area contributed by atoms with Crippen LogP contribution in [0.4, 0.5) is 13.2 Å². The Balaban J connectivity index is 2.04. The summed E-state index contributed by atoms with van der Waals surface area (Å²) in [6.07, 6.45) is -1.52. The molecule has 0 N–H and O–H groups in total. The molecule has 7 heteroatoms. The van der Waals surface area contributed by atoms with Gasteiger partial charge in [-0.15, -0.1) is 0 Å². The molecule has 2 atom stereocenters. The van der Waals surface area contributed by atoms with Gasteiger partial charge in [-0.05, 0) is 42.5 Å². The summed E-state index contributed by atoms with van der Waals surface area (Å²) in [4.78, 5) is 0. The van der Waals surface area contributed by atoms with Crippen molar-refractivity contribution in [3.8, 4) is 0 Å². The number of sulfone groups is 1. The number of alkyl halides is 3. The van der Waals surface area contributed by atoms with Gasteiger partial charge in [0.1, 0.15) is 0 Å². The van der Waals surface area contributed by atoms with E-state index in [9.17, 15) is 21.6 Å². The van der Waals surface area contributed by atoms with Crippen LogP contribution in [0, 0.1) is 0 Å². The van der Waals surface area contributed by atoms with Crippen molar-refractivity contribution in [1.29, 1.82) is 0 Å². The molecule has 0 radical (unpaired) electrons. The van der Waals surface area contributed by atoms with Crippen LogP contribution in [-0.2, 0) is 16.0 Å². The SMILES string of the molecule is O=S1(=O)C2C=C(c3ccc(Cl)c(C(F)(F)F)c3)CC1CC2. The Hall–Kier alpha value is -1.01. The molecule has 2 heterocycles. The molecule has 3 rings (SSSR count). The molecule has 0 aliphatic carbocycles. The first-order chi connectivity index (χ1) is 9.69. The average Bonchev–Trinajstić information content (AvgIpc) is 2.57. The number of halogens is 4.